The van der Waals surface area contributed by atoms with E-state index in [4.69, 9.17) is 11.6 Å². The second-order valence-electron chi connectivity index (χ2n) is 4.21. The van der Waals surface area contributed by atoms with Crippen LogP contribution in [0.5, 0.6) is 0 Å². The molecule has 1 aromatic carbocycles. The summed E-state index contributed by atoms with van der Waals surface area (Å²) in [4.78, 5) is 15.5. The molecule has 1 atom stereocenters. The predicted octanol–water partition coefficient (Wildman–Crippen LogP) is 4.05. The molecule has 1 aromatic heterocycles. The number of nitrogens with zero attached hydrogens (tertiary/aromatic N) is 1. The van der Waals surface area contributed by atoms with E-state index < -0.39 is 17.7 Å². The maximum absolute atomic E-state index is 13.6. The van der Waals surface area contributed by atoms with E-state index in [0.29, 0.717) is 20.8 Å². The number of carboxylic acid groups (broad SMARTS) is 1. The van der Waals surface area contributed by atoms with Crippen molar-refractivity contribution >= 4 is 33.5 Å². The lowest BCUT2D eigenvalue weighted by molar-refractivity contribution is -0.138. The molecule has 0 amide bonds. The summed E-state index contributed by atoms with van der Waals surface area (Å²) in [5.41, 5.74) is 0.661. The Morgan fingerprint density at radius 2 is 2.15 bits per heavy atom. The standard InChI is InChI=1S/C14H10BrClFNO2/c15-11-6-9(16)7-18-13(11)10(14(19)20)5-8-3-1-2-4-12(8)17/h1-4,6-7,10H,5H2,(H,19,20). The zero-order valence-electron chi connectivity index (χ0n) is 10.2. The Bertz CT molecular complexity index is 651. The molecule has 1 N–H and O–H groups in total. The number of carbonyl (C=O) groups is 1. The van der Waals surface area contributed by atoms with Gasteiger partial charge in [-0.2, -0.15) is 0 Å². The molecule has 0 saturated heterocycles. The molecule has 3 nitrogen and oxygen atoms in total. The van der Waals surface area contributed by atoms with Crippen LogP contribution in [0.4, 0.5) is 4.39 Å². The molecule has 104 valence electrons. The quantitative estimate of drug-likeness (QED) is 0.897. The minimum absolute atomic E-state index is 0.0231. The average molecular weight is 359 g/mol. The Morgan fingerprint density at radius 3 is 2.75 bits per heavy atom. The maximum Gasteiger partial charge on any atom is 0.312 e. The van der Waals surface area contributed by atoms with E-state index >= 15 is 0 Å². The summed E-state index contributed by atoms with van der Waals surface area (Å²) >= 11 is 9.03. The maximum atomic E-state index is 13.6. The molecule has 0 bridgehead atoms. The smallest absolute Gasteiger partial charge is 0.312 e. The number of pyridine rings is 1. The topological polar surface area (TPSA) is 50.2 Å². The molecule has 6 heteroatoms. The molecule has 0 aliphatic rings. The van der Waals surface area contributed by atoms with E-state index in [2.05, 4.69) is 20.9 Å². The van der Waals surface area contributed by atoms with Gasteiger partial charge in [-0.25, -0.2) is 4.39 Å². The summed E-state index contributed by atoms with van der Waals surface area (Å²) in [5, 5.41) is 9.76. The highest BCUT2D eigenvalue weighted by atomic mass is 79.9. The van der Waals surface area contributed by atoms with E-state index in [1.54, 1.807) is 24.3 Å². The molecule has 0 fully saturated rings. The number of carboxylic acids is 1. The molecular weight excluding hydrogens is 349 g/mol. The van der Waals surface area contributed by atoms with Crippen LogP contribution in [0.3, 0.4) is 0 Å². The molecule has 20 heavy (non-hydrogen) atoms. The number of aliphatic carboxylic acids is 1. The highest BCUT2D eigenvalue weighted by molar-refractivity contribution is 9.10. The van der Waals surface area contributed by atoms with Crippen molar-refractivity contribution in [3.05, 3.63) is 63.1 Å². The Hall–Kier alpha value is -1.46. The molecule has 1 heterocycles. The van der Waals surface area contributed by atoms with Gasteiger partial charge in [0.1, 0.15) is 11.7 Å². The van der Waals surface area contributed by atoms with Gasteiger partial charge < -0.3 is 5.11 Å². The van der Waals surface area contributed by atoms with Gasteiger partial charge >= 0.3 is 5.97 Å². The van der Waals surface area contributed by atoms with E-state index in [-0.39, 0.29) is 6.42 Å². The molecule has 0 saturated carbocycles. The van der Waals surface area contributed by atoms with Gasteiger partial charge in [-0.1, -0.05) is 29.8 Å². The third-order valence-corrected chi connectivity index (χ3v) is 3.69. The fourth-order valence-electron chi connectivity index (χ4n) is 1.87. The van der Waals surface area contributed by atoms with Gasteiger partial charge in [0.05, 0.1) is 10.7 Å². The van der Waals surface area contributed by atoms with Crippen LogP contribution in [0, 0.1) is 5.82 Å². The first-order valence-corrected chi connectivity index (χ1v) is 6.93. The highest BCUT2D eigenvalue weighted by Gasteiger charge is 2.25. The van der Waals surface area contributed by atoms with Gasteiger partial charge in [0.15, 0.2) is 0 Å². The fraction of sp³-hybridized carbons (Fsp3) is 0.143. The van der Waals surface area contributed by atoms with E-state index in [1.165, 1.54) is 12.3 Å². The molecule has 0 radical (unpaired) electrons. The number of hydrogen-bond acceptors (Lipinski definition) is 2. The molecular formula is C14H10BrClFNO2. The Balaban J connectivity index is 2.37. The normalized spacial score (nSPS) is 12.2. The van der Waals surface area contributed by atoms with Crippen molar-refractivity contribution in [3.8, 4) is 0 Å². The third kappa shape index (κ3) is 3.35. The molecule has 1 unspecified atom stereocenters. The SMILES string of the molecule is O=C(O)C(Cc1ccccc1F)c1ncc(Cl)cc1Br. The van der Waals surface area contributed by atoms with Crippen molar-refractivity contribution in [1.29, 1.82) is 0 Å². The van der Waals surface area contributed by atoms with Crippen LogP contribution in [0.2, 0.25) is 5.02 Å². The molecule has 0 spiro atoms. The van der Waals surface area contributed by atoms with E-state index in [1.807, 2.05) is 0 Å². The first-order chi connectivity index (χ1) is 9.49. The summed E-state index contributed by atoms with van der Waals surface area (Å²) < 4.78 is 14.1. The van der Waals surface area contributed by atoms with Gasteiger partial charge in [0.25, 0.3) is 0 Å². The zero-order valence-corrected chi connectivity index (χ0v) is 12.5. The van der Waals surface area contributed by atoms with Crippen molar-refractivity contribution < 1.29 is 14.3 Å². The average Bonchev–Trinajstić information content (AvgIpc) is 2.38. The van der Waals surface area contributed by atoms with Crippen molar-refractivity contribution in [2.75, 3.05) is 0 Å². The van der Waals surface area contributed by atoms with Crippen molar-refractivity contribution in [2.45, 2.75) is 12.3 Å². The van der Waals surface area contributed by atoms with Crippen molar-refractivity contribution in [1.82, 2.24) is 4.98 Å². The molecule has 0 aliphatic carbocycles. The van der Waals surface area contributed by atoms with Crippen molar-refractivity contribution in [3.63, 3.8) is 0 Å². The van der Waals surface area contributed by atoms with E-state index in [9.17, 15) is 14.3 Å². The molecule has 0 aliphatic heterocycles. The number of aromatic nitrogens is 1. The lowest BCUT2D eigenvalue weighted by Crippen LogP contribution is -2.17. The van der Waals surface area contributed by atoms with Crippen LogP contribution in [0.15, 0.2) is 41.0 Å². The summed E-state index contributed by atoms with van der Waals surface area (Å²) in [6.07, 6.45) is 1.40. The Kier molecular flexibility index (Phi) is 4.73. The van der Waals surface area contributed by atoms with Crippen molar-refractivity contribution in [2.24, 2.45) is 0 Å². The molecule has 2 aromatic rings. The summed E-state index contributed by atoms with van der Waals surface area (Å²) in [5.74, 6) is -2.44. The number of halogens is 3. The minimum Gasteiger partial charge on any atom is -0.481 e. The minimum atomic E-state index is -1.07. The fourth-order valence-corrected chi connectivity index (χ4v) is 2.78. The van der Waals surface area contributed by atoms with Crippen LogP contribution >= 0.6 is 27.5 Å². The Labute approximate surface area is 128 Å². The second kappa shape index (κ2) is 6.33. The summed E-state index contributed by atoms with van der Waals surface area (Å²) in [6, 6.07) is 7.67. The zero-order chi connectivity index (χ0) is 14.7. The monoisotopic (exact) mass is 357 g/mol. The summed E-state index contributed by atoms with van der Waals surface area (Å²) in [6.45, 7) is 0. The van der Waals surface area contributed by atoms with Crippen LogP contribution < -0.4 is 0 Å². The highest BCUT2D eigenvalue weighted by Crippen LogP contribution is 2.29. The first-order valence-electron chi connectivity index (χ1n) is 5.76. The van der Waals surface area contributed by atoms with Crippen LogP contribution in [-0.2, 0) is 11.2 Å². The largest absolute Gasteiger partial charge is 0.481 e. The molecule has 2 rings (SSSR count). The number of benzene rings is 1. The Morgan fingerprint density at radius 1 is 1.45 bits per heavy atom. The number of rotatable bonds is 4. The van der Waals surface area contributed by atoms with Crippen LogP contribution in [-0.4, -0.2) is 16.1 Å². The van der Waals surface area contributed by atoms with Gasteiger partial charge in [-0.15, -0.1) is 0 Å². The van der Waals surface area contributed by atoms with Gasteiger partial charge in [-0.05, 0) is 40.0 Å². The van der Waals surface area contributed by atoms with Crippen LogP contribution in [0.25, 0.3) is 0 Å². The lowest BCUT2D eigenvalue weighted by Gasteiger charge is -2.14. The van der Waals surface area contributed by atoms with Gasteiger partial charge in [0, 0.05) is 10.7 Å². The lowest BCUT2D eigenvalue weighted by atomic mass is 9.95. The summed E-state index contributed by atoms with van der Waals surface area (Å²) in [7, 11) is 0. The first kappa shape index (κ1) is 14.9. The second-order valence-corrected chi connectivity index (χ2v) is 5.50. The van der Waals surface area contributed by atoms with Gasteiger partial charge in [0.2, 0.25) is 0 Å². The van der Waals surface area contributed by atoms with E-state index in [0.717, 1.165) is 0 Å². The number of hydrogen-bond donors (Lipinski definition) is 1. The van der Waals surface area contributed by atoms with Gasteiger partial charge in [-0.3, -0.25) is 9.78 Å². The van der Waals surface area contributed by atoms with Crippen LogP contribution in [0.1, 0.15) is 17.2 Å². The third-order valence-electron chi connectivity index (χ3n) is 2.85. The predicted molar refractivity (Wildman–Crippen MR) is 77.4 cm³/mol.